The van der Waals surface area contributed by atoms with Gasteiger partial charge in [-0.05, 0) is 65.6 Å². The van der Waals surface area contributed by atoms with Crippen molar-refractivity contribution in [2.45, 2.75) is 95.6 Å². The number of rotatable bonds is 12. The van der Waals surface area contributed by atoms with E-state index in [0.717, 1.165) is 44.9 Å². The number of unbranched alkanes of at least 4 members (excludes halogenated alkanes) is 1. The summed E-state index contributed by atoms with van der Waals surface area (Å²) in [4.78, 5) is 28.4. The Morgan fingerprint density at radius 1 is 1.18 bits per heavy atom. The molecule has 0 aliphatic heterocycles. The van der Waals surface area contributed by atoms with Crippen LogP contribution in [0.2, 0.25) is 0 Å². The minimum Gasteiger partial charge on any atom is -0.493 e. The zero-order chi connectivity index (χ0) is 27.7. The molecular formula is C28H41IN2O7. The number of aliphatic hydroxyl groups is 3. The minimum atomic E-state index is -1.07. The van der Waals surface area contributed by atoms with Crippen molar-refractivity contribution in [3.05, 3.63) is 32.9 Å². The van der Waals surface area contributed by atoms with Gasteiger partial charge in [0.1, 0.15) is 12.2 Å². The first-order valence-electron chi connectivity index (χ1n) is 13.6. The maximum absolute atomic E-state index is 13.6. The molecule has 0 bridgehead atoms. The predicted molar refractivity (Wildman–Crippen MR) is 152 cm³/mol. The molecule has 38 heavy (non-hydrogen) atoms. The molecule has 0 radical (unpaired) electrons. The predicted octanol–water partition coefficient (Wildman–Crippen LogP) is 3.06. The maximum Gasteiger partial charge on any atom is 0.247 e. The smallest absolute Gasteiger partial charge is 0.247 e. The fourth-order valence-corrected chi connectivity index (χ4v) is 6.13. The van der Waals surface area contributed by atoms with Crippen molar-refractivity contribution in [1.82, 2.24) is 10.2 Å². The van der Waals surface area contributed by atoms with Crippen molar-refractivity contribution in [2.75, 3.05) is 20.3 Å². The third kappa shape index (κ3) is 7.61. The molecule has 0 aromatic heterocycles. The lowest BCUT2D eigenvalue weighted by molar-refractivity contribution is -0.143. The van der Waals surface area contributed by atoms with Gasteiger partial charge in [0.25, 0.3) is 0 Å². The first kappa shape index (κ1) is 30.6. The highest BCUT2D eigenvalue weighted by Crippen LogP contribution is 2.38. The lowest BCUT2D eigenvalue weighted by atomic mass is 9.85. The summed E-state index contributed by atoms with van der Waals surface area (Å²) in [6.45, 7) is 1.79. The molecule has 3 atom stereocenters. The molecule has 10 heteroatoms. The maximum atomic E-state index is 13.6. The van der Waals surface area contributed by atoms with E-state index >= 15 is 0 Å². The number of nitrogens with zero attached hydrogens (tertiary/aromatic N) is 1. The fraction of sp³-hybridized carbons (Fsp3) is 0.643. The summed E-state index contributed by atoms with van der Waals surface area (Å²) in [5, 5.41) is 33.2. The highest BCUT2D eigenvalue weighted by Gasteiger charge is 2.43. The SMILES string of the molecule is CCCCC(=O)N(C1CCCCC1)[C@@H]1CC(C(=O)NCCO)=C[C@H](Oc2c(I)cc(CO)cc2OC)[C@H]1O. The molecule has 0 saturated heterocycles. The number of nitrogens with one attached hydrogen (secondary N) is 1. The minimum absolute atomic E-state index is 0.00183. The van der Waals surface area contributed by atoms with Crippen LogP contribution in [0.4, 0.5) is 0 Å². The Morgan fingerprint density at radius 3 is 2.55 bits per heavy atom. The second kappa shape index (κ2) is 15.0. The molecule has 9 nitrogen and oxygen atoms in total. The van der Waals surface area contributed by atoms with Crippen LogP contribution < -0.4 is 14.8 Å². The van der Waals surface area contributed by atoms with Crippen LogP contribution >= 0.6 is 22.6 Å². The van der Waals surface area contributed by atoms with Crippen LogP contribution in [-0.2, 0) is 16.2 Å². The number of hydrogen-bond donors (Lipinski definition) is 4. The standard InChI is InChI=1S/C28H41IN2O7/c1-3-4-10-25(34)31(20-8-6-5-7-9-20)22-15-19(28(36)30-11-12-32)16-23(26(22)35)38-27-21(29)13-18(17-33)14-24(27)37-2/h13-14,16,20,22-23,26,32-33,35H,3-12,15,17H2,1-2H3,(H,30,36)/t22-,23+,26+/m1/s1. The molecule has 0 heterocycles. The van der Waals surface area contributed by atoms with Crippen LogP contribution in [-0.4, -0.2) is 76.6 Å². The van der Waals surface area contributed by atoms with Gasteiger partial charge in [-0.25, -0.2) is 0 Å². The molecule has 1 fully saturated rings. The molecule has 3 rings (SSSR count). The first-order valence-corrected chi connectivity index (χ1v) is 14.6. The summed E-state index contributed by atoms with van der Waals surface area (Å²) >= 11 is 2.09. The third-order valence-electron chi connectivity index (χ3n) is 7.30. The number of carbonyl (C=O) groups excluding carboxylic acids is 2. The Kier molecular flexibility index (Phi) is 12.1. The molecule has 0 spiro atoms. The Hall–Kier alpha value is -1.89. The number of amides is 2. The van der Waals surface area contributed by atoms with Gasteiger partial charge >= 0.3 is 0 Å². The van der Waals surface area contributed by atoms with Gasteiger partial charge in [-0.15, -0.1) is 0 Å². The van der Waals surface area contributed by atoms with Crippen LogP contribution in [0.1, 0.15) is 70.3 Å². The summed E-state index contributed by atoms with van der Waals surface area (Å²) in [6, 6.07) is 2.82. The molecule has 4 N–H and O–H groups in total. The van der Waals surface area contributed by atoms with Gasteiger partial charge in [0.15, 0.2) is 11.5 Å². The number of benzene rings is 1. The Bertz CT molecular complexity index is 980. The summed E-state index contributed by atoms with van der Waals surface area (Å²) < 4.78 is 12.5. The lowest BCUT2D eigenvalue weighted by Gasteiger charge is -2.45. The zero-order valence-corrected chi connectivity index (χ0v) is 24.5. The summed E-state index contributed by atoms with van der Waals surface area (Å²) in [6.07, 6.45) is 6.78. The highest BCUT2D eigenvalue weighted by molar-refractivity contribution is 14.1. The topological polar surface area (TPSA) is 129 Å². The van der Waals surface area contributed by atoms with Crippen molar-refractivity contribution >= 4 is 34.4 Å². The van der Waals surface area contributed by atoms with Crippen molar-refractivity contribution in [1.29, 1.82) is 0 Å². The normalized spacial score (nSPS) is 21.9. The van der Waals surface area contributed by atoms with Crippen LogP contribution in [0.3, 0.4) is 0 Å². The monoisotopic (exact) mass is 644 g/mol. The van der Waals surface area contributed by atoms with Gasteiger partial charge in [0.2, 0.25) is 11.8 Å². The van der Waals surface area contributed by atoms with E-state index in [1.165, 1.54) is 7.11 Å². The van der Waals surface area contributed by atoms with Gasteiger partial charge in [0.05, 0.1) is 29.9 Å². The molecule has 1 aromatic carbocycles. The number of halogens is 1. The van der Waals surface area contributed by atoms with E-state index in [-0.39, 0.29) is 44.0 Å². The molecule has 1 saturated carbocycles. The lowest BCUT2D eigenvalue weighted by Crippen LogP contribution is -2.58. The van der Waals surface area contributed by atoms with Gasteiger partial charge in [0, 0.05) is 31.0 Å². The van der Waals surface area contributed by atoms with Gasteiger partial charge in [-0.2, -0.15) is 0 Å². The number of hydrogen-bond acceptors (Lipinski definition) is 7. The second-order valence-electron chi connectivity index (χ2n) is 9.98. The average molecular weight is 645 g/mol. The van der Waals surface area contributed by atoms with Crippen LogP contribution in [0.5, 0.6) is 11.5 Å². The molecule has 1 aromatic rings. The van der Waals surface area contributed by atoms with Crippen LogP contribution in [0.25, 0.3) is 0 Å². The Morgan fingerprint density at radius 2 is 1.92 bits per heavy atom. The summed E-state index contributed by atoms with van der Waals surface area (Å²) in [5.74, 6) is 0.436. The summed E-state index contributed by atoms with van der Waals surface area (Å²) in [5.41, 5.74) is 1.06. The van der Waals surface area contributed by atoms with Crippen LogP contribution in [0.15, 0.2) is 23.8 Å². The van der Waals surface area contributed by atoms with E-state index < -0.39 is 18.2 Å². The van der Waals surface area contributed by atoms with Gasteiger partial charge in [-0.3, -0.25) is 9.59 Å². The van der Waals surface area contributed by atoms with Crippen molar-refractivity contribution in [3.8, 4) is 11.5 Å². The molecule has 0 unspecified atom stereocenters. The van der Waals surface area contributed by atoms with E-state index in [4.69, 9.17) is 9.47 Å². The van der Waals surface area contributed by atoms with Crippen molar-refractivity contribution < 1.29 is 34.4 Å². The van der Waals surface area contributed by atoms with Gasteiger partial charge < -0.3 is 35.0 Å². The highest BCUT2D eigenvalue weighted by atomic mass is 127. The van der Waals surface area contributed by atoms with E-state index in [2.05, 4.69) is 27.9 Å². The van der Waals surface area contributed by atoms with Crippen molar-refractivity contribution in [3.63, 3.8) is 0 Å². The first-order chi connectivity index (χ1) is 18.3. The van der Waals surface area contributed by atoms with E-state index in [0.29, 0.717) is 32.6 Å². The summed E-state index contributed by atoms with van der Waals surface area (Å²) in [7, 11) is 1.50. The van der Waals surface area contributed by atoms with E-state index in [9.17, 15) is 24.9 Å². The number of carbonyl (C=O) groups is 2. The molecular weight excluding hydrogens is 603 g/mol. The Labute approximate surface area is 238 Å². The fourth-order valence-electron chi connectivity index (χ4n) is 5.34. The number of ether oxygens (including phenoxy) is 2. The number of aliphatic hydroxyl groups excluding tert-OH is 3. The second-order valence-corrected chi connectivity index (χ2v) is 11.1. The average Bonchev–Trinajstić information content (AvgIpc) is 2.93. The van der Waals surface area contributed by atoms with Gasteiger partial charge in [-0.1, -0.05) is 32.6 Å². The quantitative estimate of drug-likeness (QED) is 0.258. The van der Waals surface area contributed by atoms with Crippen molar-refractivity contribution in [2.24, 2.45) is 0 Å². The Balaban J connectivity index is 2.00. The van der Waals surface area contributed by atoms with E-state index in [1.54, 1.807) is 18.2 Å². The molecule has 2 amide bonds. The third-order valence-corrected chi connectivity index (χ3v) is 8.10. The number of methoxy groups -OCH3 is 1. The molecule has 212 valence electrons. The van der Waals surface area contributed by atoms with Crippen LogP contribution in [0, 0.1) is 3.57 Å². The molecule has 2 aliphatic carbocycles. The van der Waals surface area contributed by atoms with E-state index in [1.807, 2.05) is 11.8 Å². The zero-order valence-electron chi connectivity index (χ0n) is 22.3. The largest absolute Gasteiger partial charge is 0.493 e. The molecule has 2 aliphatic rings.